The predicted molar refractivity (Wildman–Crippen MR) is 87.6 cm³/mol. The van der Waals surface area contributed by atoms with E-state index in [1.54, 1.807) is 35.2 Å². The summed E-state index contributed by atoms with van der Waals surface area (Å²) in [5.41, 5.74) is 0.784. The third kappa shape index (κ3) is 3.95. The summed E-state index contributed by atoms with van der Waals surface area (Å²) in [6.45, 7) is 2.38. The maximum absolute atomic E-state index is 12.3. The average molecular weight is 317 g/mol. The molecule has 0 fully saturated rings. The molecule has 0 N–H and O–H groups in total. The SMILES string of the molecule is CCN(C(=O)CCS(=O)(=O)c1ccccc1)c1ccccc1. The van der Waals surface area contributed by atoms with Crippen molar-refractivity contribution >= 4 is 21.4 Å². The number of hydrogen-bond acceptors (Lipinski definition) is 3. The van der Waals surface area contributed by atoms with Crippen molar-refractivity contribution in [2.24, 2.45) is 0 Å². The molecule has 5 heteroatoms. The van der Waals surface area contributed by atoms with E-state index >= 15 is 0 Å². The largest absolute Gasteiger partial charge is 0.313 e. The minimum absolute atomic E-state index is 0.0278. The smallest absolute Gasteiger partial charge is 0.228 e. The first-order chi connectivity index (χ1) is 10.5. The molecule has 0 aliphatic carbocycles. The number of anilines is 1. The van der Waals surface area contributed by atoms with E-state index in [9.17, 15) is 13.2 Å². The van der Waals surface area contributed by atoms with Crippen LogP contribution in [0.3, 0.4) is 0 Å². The van der Waals surface area contributed by atoms with Crippen molar-refractivity contribution in [2.75, 3.05) is 17.2 Å². The zero-order chi connectivity index (χ0) is 16.0. The van der Waals surface area contributed by atoms with Crippen LogP contribution in [0.5, 0.6) is 0 Å². The van der Waals surface area contributed by atoms with Gasteiger partial charge in [-0.3, -0.25) is 4.79 Å². The van der Waals surface area contributed by atoms with Gasteiger partial charge in [-0.1, -0.05) is 36.4 Å². The lowest BCUT2D eigenvalue weighted by molar-refractivity contribution is -0.118. The van der Waals surface area contributed by atoms with Gasteiger partial charge in [-0.2, -0.15) is 0 Å². The standard InChI is InChI=1S/C17H19NO3S/c1-2-18(15-9-5-3-6-10-15)17(19)13-14-22(20,21)16-11-7-4-8-12-16/h3-12H,2,13-14H2,1H3. The molecule has 0 aliphatic heterocycles. The van der Waals surface area contributed by atoms with Crippen molar-refractivity contribution in [1.82, 2.24) is 0 Å². The Bertz CT molecular complexity index is 712. The van der Waals surface area contributed by atoms with Crippen molar-refractivity contribution < 1.29 is 13.2 Å². The zero-order valence-corrected chi connectivity index (χ0v) is 13.3. The van der Waals surface area contributed by atoms with Crippen LogP contribution >= 0.6 is 0 Å². The molecular weight excluding hydrogens is 298 g/mol. The molecule has 2 aromatic carbocycles. The van der Waals surface area contributed by atoms with Gasteiger partial charge in [-0.05, 0) is 31.2 Å². The summed E-state index contributed by atoms with van der Waals surface area (Å²) in [5, 5.41) is 0. The zero-order valence-electron chi connectivity index (χ0n) is 12.5. The van der Waals surface area contributed by atoms with Gasteiger partial charge in [0, 0.05) is 18.7 Å². The van der Waals surface area contributed by atoms with Crippen LogP contribution in [0, 0.1) is 0 Å². The Morgan fingerprint density at radius 2 is 1.50 bits per heavy atom. The van der Waals surface area contributed by atoms with Crippen LogP contribution in [0.4, 0.5) is 5.69 Å². The molecule has 2 rings (SSSR count). The third-order valence-electron chi connectivity index (χ3n) is 3.37. The summed E-state index contributed by atoms with van der Waals surface area (Å²) in [6.07, 6.45) is -0.0278. The Morgan fingerprint density at radius 1 is 0.955 bits per heavy atom. The van der Waals surface area contributed by atoms with Gasteiger partial charge in [0.2, 0.25) is 5.91 Å². The highest BCUT2D eigenvalue weighted by Gasteiger charge is 2.19. The number of amides is 1. The van der Waals surface area contributed by atoms with E-state index < -0.39 is 9.84 Å². The summed E-state index contributed by atoms with van der Waals surface area (Å²) in [5.74, 6) is -0.368. The summed E-state index contributed by atoms with van der Waals surface area (Å²) in [7, 11) is -3.43. The molecule has 2 aromatic rings. The minimum atomic E-state index is -3.43. The van der Waals surface area contributed by atoms with Gasteiger partial charge in [-0.15, -0.1) is 0 Å². The van der Waals surface area contributed by atoms with Crippen molar-refractivity contribution in [3.63, 3.8) is 0 Å². The highest BCUT2D eigenvalue weighted by Crippen LogP contribution is 2.16. The Balaban J connectivity index is 2.06. The van der Waals surface area contributed by atoms with E-state index in [1.807, 2.05) is 37.3 Å². The average Bonchev–Trinajstić information content (AvgIpc) is 2.56. The number of nitrogens with zero attached hydrogens (tertiary/aromatic N) is 1. The number of carbonyl (C=O) groups is 1. The first-order valence-corrected chi connectivity index (χ1v) is 8.83. The van der Waals surface area contributed by atoms with Crippen molar-refractivity contribution in [3.05, 3.63) is 60.7 Å². The lowest BCUT2D eigenvalue weighted by Crippen LogP contribution is -2.31. The number of benzene rings is 2. The Labute approximate surface area is 131 Å². The number of para-hydroxylation sites is 1. The third-order valence-corrected chi connectivity index (χ3v) is 5.10. The second kappa shape index (κ2) is 7.22. The van der Waals surface area contributed by atoms with Crippen molar-refractivity contribution in [2.45, 2.75) is 18.2 Å². The molecule has 0 atom stereocenters. The molecule has 0 spiro atoms. The molecule has 116 valence electrons. The normalized spacial score (nSPS) is 11.1. The van der Waals surface area contributed by atoms with Crippen LogP contribution in [0.15, 0.2) is 65.6 Å². The van der Waals surface area contributed by atoms with Crippen LogP contribution < -0.4 is 4.90 Å². The Morgan fingerprint density at radius 3 is 2.05 bits per heavy atom. The van der Waals surface area contributed by atoms with Crippen LogP contribution in [0.1, 0.15) is 13.3 Å². The molecule has 0 aromatic heterocycles. The minimum Gasteiger partial charge on any atom is -0.313 e. The monoisotopic (exact) mass is 317 g/mol. The fourth-order valence-electron chi connectivity index (χ4n) is 2.21. The number of hydrogen-bond donors (Lipinski definition) is 0. The summed E-state index contributed by atoms with van der Waals surface area (Å²) >= 11 is 0. The van der Waals surface area contributed by atoms with Crippen LogP contribution in [-0.2, 0) is 14.6 Å². The van der Waals surface area contributed by atoms with Gasteiger partial charge in [0.15, 0.2) is 9.84 Å². The summed E-state index contributed by atoms with van der Waals surface area (Å²) in [6, 6.07) is 17.5. The van der Waals surface area contributed by atoms with E-state index in [1.165, 1.54) is 0 Å². The van der Waals surface area contributed by atoms with Gasteiger partial charge < -0.3 is 4.90 Å². The maximum Gasteiger partial charge on any atom is 0.228 e. The lowest BCUT2D eigenvalue weighted by atomic mass is 10.2. The predicted octanol–water partition coefficient (Wildman–Crippen LogP) is 2.90. The molecule has 0 heterocycles. The quantitative estimate of drug-likeness (QED) is 0.823. The van der Waals surface area contributed by atoms with E-state index in [-0.39, 0.29) is 23.0 Å². The molecule has 0 aliphatic rings. The van der Waals surface area contributed by atoms with E-state index in [0.29, 0.717) is 6.54 Å². The highest BCUT2D eigenvalue weighted by molar-refractivity contribution is 7.91. The van der Waals surface area contributed by atoms with Crippen LogP contribution in [0.25, 0.3) is 0 Å². The second-order valence-electron chi connectivity index (χ2n) is 4.86. The van der Waals surface area contributed by atoms with E-state index in [2.05, 4.69) is 0 Å². The molecule has 4 nitrogen and oxygen atoms in total. The highest BCUT2D eigenvalue weighted by atomic mass is 32.2. The molecular formula is C17H19NO3S. The summed E-state index contributed by atoms with van der Waals surface area (Å²) < 4.78 is 24.4. The van der Waals surface area contributed by atoms with Crippen molar-refractivity contribution in [3.8, 4) is 0 Å². The van der Waals surface area contributed by atoms with Gasteiger partial charge in [0.05, 0.1) is 10.6 Å². The first-order valence-electron chi connectivity index (χ1n) is 7.18. The first kappa shape index (κ1) is 16.2. The fraction of sp³-hybridized carbons (Fsp3) is 0.235. The van der Waals surface area contributed by atoms with Crippen LogP contribution in [0.2, 0.25) is 0 Å². The van der Waals surface area contributed by atoms with Gasteiger partial charge in [-0.25, -0.2) is 8.42 Å². The summed E-state index contributed by atoms with van der Waals surface area (Å²) in [4.78, 5) is 14.2. The lowest BCUT2D eigenvalue weighted by Gasteiger charge is -2.21. The topological polar surface area (TPSA) is 54.5 Å². The number of sulfone groups is 1. The van der Waals surface area contributed by atoms with Crippen LogP contribution in [-0.4, -0.2) is 26.6 Å². The molecule has 0 radical (unpaired) electrons. The molecule has 0 bridgehead atoms. The van der Waals surface area contributed by atoms with E-state index in [0.717, 1.165) is 5.69 Å². The Hall–Kier alpha value is -2.14. The molecule has 0 unspecified atom stereocenters. The Kier molecular flexibility index (Phi) is 5.33. The molecule has 0 saturated carbocycles. The van der Waals surface area contributed by atoms with E-state index in [4.69, 9.17) is 0 Å². The second-order valence-corrected chi connectivity index (χ2v) is 6.96. The van der Waals surface area contributed by atoms with Gasteiger partial charge in [0.1, 0.15) is 0 Å². The fourth-order valence-corrected chi connectivity index (χ4v) is 3.46. The van der Waals surface area contributed by atoms with Gasteiger partial charge in [0.25, 0.3) is 0 Å². The molecule has 0 saturated heterocycles. The molecule has 22 heavy (non-hydrogen) atoms. The van der Waals surface area contributed by atoms with Crippen molar-refractivity contribution in [1.29, 1.82) is 0 Å². The maximum atomic E-state index is 12.3. The number of rotatable bonds is 6. The van der Waals surface area contributed by atoms with Gasteiger partial charge >= 0.3 is 0 Å². The molecule has 1 amide bonds. The number of carbonyl (C=O) groups excluding carboxylic acids is 1.